The van der Waals surface area contributed by atoms with Crippen LogP contribution < -0.4 is 0 Å². The lowest BCUT2D eigenvalue weighted by Gasteiger charge is -2.20. The highest BCUT2D eigenvalue weighted by atomic mass is 32.2. The van der Waals surface area contributed by atoms with Gasteiger partial charge in [-0.2, -0.15) is 21.6 Å². The summed E-state index contributed by atoms with van der Waals surface area (Å²) >= 11 is 0. The zero-order chi connectivity index (χ0) is 11.0. The molecular formula is C7H8F3NO2S. The van der Waals surface area contributed by atoms with Crippen molar-refractivity contribution >= 4 is 10.0 Å². The molecule has 0 N–H and O–H groups in total. The standard InChI is InChI=1S/C7H8F3NO2S/c1-6-2-4-11(5-3-6)14(12,13)7(8,9)10/h2-6H,1H3. The minimum atomic E-state index is -5.26. The zero-order valence-corrected chi connectivity index (χ0v) is 8.01. The number of nitrogens with zero attached hydrogens (tertiary/aromatic N) is 1. The van der Waals surface area contributed by atoms with Crippen LogP contribution in [0.3, 0.4) is 0 Å². The van der Waals surface area contributed by atoms with Gasteiger partial charge in [-0.15, -0.1) is 0 Å². The highest BCUT2D eigenvalue weighted by molar-refractivity contribution is 7.90. The largest absolute Gasteiger partial charge is 0.517 e. The van der Waals surface area contributed by atoms with Gasteiger partial charge in [0.25, 0.3) is 0 Å². The van der Waals surface area contributed by atoms with E-state index in [2.05, 4.69) is 0 Å². The first-order valence-corrected chi connectivity index (χ1v) is 5.15. The fraction of sp³-hybridized carbons (Fsp3) is 0.429. The molecule has 0 bridgehead atoms. The Morgan fingerprint density at radius 2 is 1.64 bits per heavy atom. The highest BCUT2D eigenvalue weighted by Crippen LogP contribution is 2.28. The molecule has 0 spiro atoms. The quantitative estimate of drug-likeness (QED) is 0.685. The number of halogens is 3. The summed E-state index contributed by atoms with van der Waals surface area (Å²) in [6, 6.07) is 0. The highest BCUT2D eigenvalue weighted by Gasteiger charge is 2.49. The van der Waals surface area contributed by atoms with Gasteiger partial charge in [-0.1, -0.05) is 19.1 Å². The average Bonchev–Trinajstić information content (AvgIpc) is 2.03. The first-order chi connectivity index (χ1) is 6.25. The Hall–Kier alpha value is -0.980. The molecule has 14 heavy (non-hydrogen) atoms. The molecule has 1 heterocycles. The Balaban J connectivity index is 2.98. The number of hydrogen-bond acceptors (Lipinski definition) is 2. The van der Waals surface area contributed by atoms with Crippen LogP contribution in [-0.4, -0.2) is 18.2 Å². The fourth-order valence-electron chi connectivity index (χ4n) is 0.835. The van der Waals surface area contributed by atoms with E-state index in [9.17, 15) is 21.6 Å². The summed E-state index contributed by atoms with van der Waals surface area (Å²) in [4.78, 5) is 0. The van der Waals surface area contributed by atoms with Crippen LogP contribution in [0.25, 0.3) is 0 Å². The third kappa shape index (κ3) is 1.92. The number of sulfonamides is 1. The van der Waals surface area contributed by atoms with Gasteiger partial charge in [0.05, 0.1) is 0 Å². The maximum absolute atomic E-state index is 12.0. The molecule has 0 saturated carbocycles. The molecule has 1 aliphatic rings. The summed E-state index contributed by atoms with van der Waals surface area (Å²) in [5.74, 6) is -0.0605. The van der Waals surface area contributed by atoms with Crippen LogP contribution in [0.2, 0.25) is 0 Å². The molecule has 0 saturated heterocycles. The summed E-state index contributed by atoms with van der Waals surface area (Å²) in [6.45, 7) is 1.73. The van der Waals surface area contributed by atoms with Crippen LogP contribution in [-0.2, 0) is 10.0 Å². The van der Waals surface area contributed by atoms with E-state index in [0.717, 1.165) is 12.4 Å². The third-order valence-electron chi connectivity index (χ3n) is 1.64. The lowest BCUT2D eigenvalue weighted by molar-refractivity contribution is -0.0468. The second-order valence-corrected chi connectivity index (χ2v) is 4.66. The van der Waals surface area contributed by atoms with E-state index >= 15 is 0 Å². The van der Waals surface area contributed by atoms with Crippen LogP contribution in [0, 0.1) is 5.92 Å². The van der Waals surface area contributed by atoms with Crippen molar-refractivity contribution in [1.82, 2.24) is 4.31 Å². The van der Waals surface area contributed by atoms with Crippen molar-refractivity contribution in [3.8, 4) is 0 Å². The van der Waals surface area contributed by atoms with Crippen molar-refractivity contribution in [3.63, 3.8) is 0 Å². The second kappa shape index (κ2) is 3.30. The Kier molecular flexibility index (Phi) is 2.62. The molecule has 0 aromatic carbocycles. The van der Waals surface area contributed by atoms with E-state index in [4.69, 9.17) is 0 Å². The topological polar surface area (TPSA) is 37.4 Å². The van der Waals surface area contributed by atoms with Crippen molar-refractivity contribution in [1.29, 1.82) is 0 Å². The van der Waals surface area contributed by atoms with Crippen LogP contribution in [0.4, 0.5) is 13.2 Å². The third-order valence-corrected chi connectivity index (χ3v) is 3.03. The monoisotopic (exact) mass is 227 g/mol. The number of rotatable bonds is 1. The molecule has 7 heteroatoms. The molecule has 0 unspecified atom stereocenters. The number of allylic oxidation sites excluding steroid dienone is 2. The Bertz CT molecular complexity index is 355. The molecule has 0 atom stereocenters. The van der Waals surface area contributed by atoms with Crippen molar-refractivity contribution in [2.45, 2.75) is 12.4 Å². The molecule has 0 aliphatic carbocycles. The minimum absolute atomic E-state index is 0.0605. The molecule has 0 aromatic rings. The van der Waals surface area contributed by atoms with E-state index in [1.807, 2.05) is 0 Å². The van der Waals surface area contributed by atoms with Gasteiger partial charge >= 0.3 is 15.5 Å². The fourth-order valence-corrected chi connectivity index (χ4v) is 1.53. The Morgan fingerprint density at radius 3 is 2.00 bits per heavy atom. The molecule has 0 fully saturated rings. The predicted molar refractivity (Wildman–Crippen MR) is 44.3 cm³/mol. The number of alkyl halides is 3. The molecule has 0 aromatic heterocycles. The van der Waals surface area contributed by atoms with E-state index < -0.39 is 15.5 Å². The molecule has 0 amide bonds. The maximum Gasteiger partial charge on any atom is 0.517 e. The van der Waals surface area contributed by atoms with E-state index in [0.29, 0.717) is 0 Å². The van der Waals surface area contributed by atoms with Gasteiger partial charge in [-0.3, -0.25) is 0 Å². The maximum atomic E-state index is 12.0. The van der Waals surface area contributed by atoms with Gasteiger partial charge in [0.1, 0.15) is 0 Å². The van der Waals surface area contributed by atoms with E-state index in [1.165, 1.54) is 12.2 Å². The molecular weight excluding hydrogens is 219 g/mol. The van der Waals surface area contributed by atoms with Crippen LogP contribution in [0.5, 0.6) is 0 Å². The molecule has 3 nitrogen and oxygen atoms in total. The summed E-state index contributed by atoms with van der Waals surface area (Å²) < 4.78 is 57.8. The van der Waals surface area contributed by atoms with Gasteiger partial charge in [-0.25, -0.2) is 4.31 Å². The normalized spacial score (nSPS) is 19.0. The second-order valence-electron chi connectivity index (χ2n) is 2.82. The summed E-state index contributed by atoms with van der Waals surface area (Å²) in [6.07, 6.45) is 4.52. The van der Waals surface area contributed by atoms with Crippen molar-refractivity contribution in [3.05, 3.63) is 24.6 Å². The summed E-state index contributed by atoms with van der Waals surface area (Å²) in [7, 11) is -5.26. The van der Waals surface area contributed by atoms with Gasteiger partial charge in [-0.05, 0) is 5.92 Å². The van der Waals surface area contributed by atoms with Gasteiger partial charge in [0.2, 0.25) is 0 Å². The lowest BCUT2D eigenvalue weighted by atomic mass is 10.1. The number of hydrogen-bond donors (Lipinski definition) is 0. The lowest BCUT2D eigenvalue weighted by Crippen LogP contribution is -2.35. The van der Waals surface area contributed by atoms with Gasteiger partial charge in [0, 0.05) is 12.4 Å². The molecule has 0 radical (unpaired) electrons. The van der Waals surface area contributed by atoms with Crippen molar-refractivity contribution < 1.29 is 21.6 Å². The summed E-state index contributed by atoms with van der Waals surface area (Å²) in [5.41, 5.74) is -5.26. The smallest absolute Gasteiger partial charge is 0.246 e. The van der Waals surface area contributed by atoms with Crippen molar-refractivity contribution in [2.75, 3.05) is 0 Å². The first-order valence-electron chi connectivity index (χ1n) is 3.71. The summed E-state index contributed by atoms with van der Waals surface area (Å²) in [5, 5.41) is 0. The zero-order valence-electron chi connectivity index (χ0n) is 7.19. The van der Waals surface area contributed by atoms with Crippen LogP contribution >= 0.6 is 0 Å². The minimum Gasteiger partial charge on any atom is -0.246 e. The molecule has 80 valence electrons. The van der Waals surface area contributed by atoms with Crippen molar-refractivity contribution in [2.24, 2.45) is 5.92 Å². The molecule has 1 aliphatic heterocycles. The average molecular weight is 227 g/mol. The first kappa shape index (κ1) is 11.1. The van der Waals surface area contributed by atoms with Crippen LogP contribution in [0.1, 0.15) is 6.92 Å². The SMILES string of the molecule is CC1C=CN(S(=O)(=O)C(F)(F)F)C=C1. The Labute approximate surface area is 79.6 Å². The van der Waals surface area contributed by atoms with Crippen LogP contribution in [0.15, 0.2) is 24.6 Å². The van der Waals surface area contributed by atoms with E-state index in [1.54, 1.807) is 6.92 Å². The Morgan fingerprint density at radius 1 is 1.21 bits per heavy atom. The van der Waals surface area contributed by atoms with Gasteiger partial charge < -0.3 is 0 Å². The van der Waals surface area contributed by atoms with E-state index in [-0.39, 0.29) is 10.2 Å². The predicted octanol–water partition coefficient (Wildman–Crippen LogP) is 1.82. The van der Waals surface area contributed by atoms with Gasteiger partial charge in [0.15, 0.2) is 0 Å². The molecule has 1 rings (SSSR count).